The highest BCUT2D eigenvalue weighted by atomic mass is 16.5. The molecule has 0 radical (unpaired) electrons. The average Bonchev–Trinajstić information content (AvgIpc) is 3.06. The summed E-state index contributed by atoms with van der Waals surface area (Å²) in [5.74, 6) is -0.599. The molecule has 1 heterocycles. The smallest absolute Gasteiger partial charge is 0.306 e. The van der Waals surface area contributed by atoms with Crippen molar-refractivity contribution in [3.8, 4) is 11.6 Å². The van der Waals surface area contributed by atoms with Crippen molar-refractivity contribution in [3.05, 3.63) is 48.7 Å². The molecule has 124 valence electrons. The Kier molecular flexibility index (Phi) is 4.74. The van der Waals surface area contributed by atoms with E-state index in [0.717, 1.165) is 0 Å². The van der Waals surface area contributed by atoms with Crippen LogP contribution in [0.1, 0.15) is 19.3 Å². The summed E-state index contributed by atoms with van der Waals surface area (Å²) in [6.07, 6.45) is 3.19. The standard InChI is InChI=1S/C18H18N2O4/c21-17(12-7-8-13(10-12)18(22)23)20-14-4-3-5-15(11-14)24-16-6-1-2-9-19-16/h1-6,9,11-13H,7-8,10H2,(H,20,21)(H,22,23)/t12-,13+/m0/s1. The highest BCUT2D eigenvalue weighted by Crippen LogP contribution is 2.32. The van der Waals surface area contributed by atoms with Crippen molar-refractivity contribution in [2.75, 3.05) is 5.32 Å². The van der Waals surface area contributed by atoms with Crippen LogP contribution in [0.4, 0.5) is 5.69 Å². The summed E-state index contributed by atoms with van der Waals surface area (Å²) in [6.45, 7) is 0. The Morgan fingerprint density at radius 2 is 1.96 bits per heavy atom. The fourth-order valence-corrected chi connectivity index (χ4v) is 2.85. The van der Waals surface area contributed by atoms with E-state index in [1.165, 1.54) is 0 Å². The Hall–Kier alpha value is -2.89. The van der Waals surface area contributed by atoms with Gasteiger partial charge in [-0.3, -0.25) is 9.59 Å². The molecule has 1 saturated carbocycles. The average molecular weight is 326 g/mol. The molecule has 1 aromatic carbocycles. The molecule has 1 aromatic heterocycles. The molecular weight excluding hydrogens is 308 g/mol. The molecule has 6 heteroatoms. The SMILES string of the molecule is O=C(O)[C@@H]1CC[C@H](C(=O)Nc2cccc(Oc3ccccn3)c2)C1. The normalized spacial score (nSPS) is 19.7. The molecule has 24 heavy (non-hydrogen) atoms. The third-order valence-corrected chi connectivity index (χ3v) is 4.11. The molecule has 3 rings (SSSR count). The van der Waals surface area contributed by atoms with E-state index >= 15 is 0 Å². The molecule has 0 saturated heterocycles. The first kappa shape index (κ1) is 16.0. The number of anilines is 1. The van der Waals surface area contributed by atoms with Gasteiger partial charge >= 0.3 is 5.97 Å². The van der Waals surface area contributed by atoms with Gasteiger partial charge in [0, 0.05) is 29.9 Å². The molecular formula is C18H18N2O4. The second-order valence-corrected chi connectivity index (χ2v) is 5.83. The Labute approximate surface area is 139 Å². The summed E-state index contributed by atoms with van der Waals surface area (Å²) in [4.78, 5) is 27.4. The number of nitrogens with one attached hydrogen (secondary N) is 1. The van der Waals surface area contributed by atoms with E-state index in [0.29, 0.717) is 36.6 Å². The minimum atomic E-state index is -0.823. The lowest BCUT2D eigenvalue weighted by Gasteiger charge is -2.12. The Morgan fingerprint density at radius 3 is 2.67 bits per heavy atom. The van der Waals surface area contributed by atoms with Crippen LogP contribution in [0.2, 0.25) is 0 Å². The highest BCUT2D eigenvalue weighted by molar-refractivity contribution is 5.93. The van der Waals surface area contributed by atoms with E-state index in [1.54, 1.807) is 42.6 Å². The van der Waals surface area contributed by atoms with Crippen LogP contribution in [0.5, 0.6) is 11.6 Å². The van der Waals surface area contributed by atoms with Crippen LogP contribution in [0.25, 0.3) is 0 Å². The number of hydrogen-bond donors (Lipinski definition) is 2. The minimum Gasteiger partial charge on any atom is -0.481 e. The molecule has 1 amide bonds. The number of carbonyl (C=O) groups is 2. The predicted molar refractivity (Wildman–Crippen MR) is 87.8 cm³/mol. The second kappa shape index (κ2) is 7.12. The zero-order valence-corrected chi connectivity index (χ0v) is 13.0. The first-order chi connectivity index (χ1) is 11.6. The summed E-state index contributed by atoms with van der Waals surface area (Å²) in [6, 6.07) is 12.4. The largest absolute Gasteiger partial charge is 0.481 e. The summed E-state index contributed by atoms with van der Waals surface area (Å²) < 4.78 is 5.63. The number of nitrogens with zero attached hydrogens (tertiary/aromatic N) is 1. The van der Waals surface area contributed by atoms with Crippen LogP contribution >= 0.6 is 0 Å². The zero-order chi connectivity index (χ0) is 16.9. The fourth-order valence-electron chi connectivity index (χ4n) is 2.85. The number of benzene rings is 1. The number of aromatic nitrogens is 1. The number of carboxylic acids is 1. The molecule has 1 aliphatic rings. The molecule has 2 N–H and O–H groups in total. The minimum absolute atomic E-state index is 0.145. The molecule has 2 atom stereocenters. The zero-order valence-electron chi connectivity index (χ0n) is 13.0. The van der Waals surface area contributed by atoms with E-state index in [-0.39, 0.29) is 11.8 Å². The highest BCUT2D eigenvalue weighted by Gasteiger charge is 2.33. The monoisotopic (exact) mass is 326 g/mol. The number of aliphatic carboxylic acids is 1. The molecule has 6 nitrogen and oxygen atoms in total. The molecule has 1 aliphatic carbocycles. The van der Waals surface area contributed by atoms with Crippen molar-refractivity contribution < 1.29 is 19.4 Å². The summed E-state index contributed by atoms with van der Waals surface area (Å²) in [5.41, 5.74) is 0.618. The van der Waals surface area contributed by atoms with Gasteiger partial charge in [-0.1, -0.05) is 12.1 Å². The number of carboxylic acid groups (broad SMARTS) is 1. The number of rotatable bonds is 5. The number of hydrogen-bond acceptors (Lipinski definition) is 4. The van der Waals surface area contributed by atoms with Crippen LogP contribution in [-0.4, -0.2) is 22.0 Å². The van der Waals surface area contributed by atoms with Gasteiger partial charge in [-0.2, -0.15) is 0 Å². The van der Waals surface area contributed by atoms with Crippen LogP contribution in [0.3, 0.4) is 0 Å². The first-order valence-corrected chi connectivity index (χ1v) is 7.84. The van der Waals surface area contributed by atoms with E-state index in [2.05, 4.69) is 10.3 Å². The number of amides is 1. The lowest BCUT2D eigenvalue weighted by molar-refractivity contribution is -0.141. The van der Waals surface area contributed by atoms with Crippen molar-refractivity contribution in [3.63, 3.8) is 0 Å². The van der Waals surface area contributed by atoms with Gasteiger partial charge in [0.25, 0.3) is 0 Å². The lowest BCUT2D eigenvalue weighted by atomic mass is 10.0. The molecule has 2 aromatic rings. The van der Waals surface area contributed by atoms with Gasteiger partial charge in [0.2, 0.25) is 11.8 Å². The molecule has 0 unspecified atom stereocenters. The Morgan fingerprint density at radius 1 is 1.12 bits per heavy atom. The third-order valence-electron chi connectivity index (χ3n) is 4.11. The van der Waals surface area contributed by atoms with E-state index < -0.39 is 11.9 Å². The molecule has 0 aliphatic heterocycles. The van der Waals surface area contributed by atoms with Crippen molar-refractivity contribution in [2.45, 2.75) is 19.3 Å². The Bertz CT molecular complexity index is 733. The predicted octanol–water partition coefficient (Wildman–Crippen LogP) is 3.31. The summed E-state index contributed by atoms with van der Waals surface area (Å²) in [5, 5.41) is 11.9. The van der Waals surface area contributed by atoms with Gasteiger partial charge in [0.15, 0.2) is 0 Å². The number of carbonyl (C=O) groups excluding carboxylic acids is 1. The summed E-state index contributed by atoms with van der Waals surface area (Å²) >= 11 is 0. The maximum atomic E-state index is 12.3. The van der Waals surface area contributed by atoms with Crippen molar-refractivity contribution >= 4 is 17.6 Å². The Balaban J connectivity index is 1.62. The lowest BCUT2D eigenvalue weighted by Crippen LogP contribution is -2.21. The van der Waals surface area contributed by atoms with Gasteiger partial charge in [-0.15, -0.1) is 0 Å². The van der Waals surface area contributed by atoms with E-state index in [9.17, 15) is 9.59 Å². The maximum Gasteiger partial charge on any atom is 0.306 e. The van der Waals surface area contributed by atoms with E-state index in [4.69, 9.17) is 9.84 Å². The fraction of sp³-hybridized carbons (Fsp3) is 0.278. The van der Waals surface area contributed by atoms with Crippen molar-refractivity contribution in [1.82, 2.24) is 4.98 Å². The van der Waals surface area contributed by atoms with Crippen LogP contribution in [0.15, 0.2) is 48.7 Å². The van der Waals surface area contributed by atoms with Crippen molar-refractivity contribution in [2.24, 2.45) is 11.8 Å². The van der Waals surface area contributed by atoms with Gasteiger partial charge in [-0.25, -0.2) is 4.98 Å². The topological polar surface area (TPSA) is 88.5 Å². The van der Waals surface area contributed by atoms with Gasteiger partial charge in [0.05, 0.1) is 5.92 Å². The third kappa shape index (κ3) is 3.90. The van der Waals surface area contributed by atoms with Gasteiger partial charge < -0.3 is 15.2 Å². The van der Waals surface area contributed by atoms with Gasteiger partial charge in [-0.05, 0) is 37.5 Å². The molecule has 1 fully saturated rings. The quantitative estimate of drug-likeness (QED) is 0.880. The van der Waals surface area contributed by atoms with E-state index in [1.807, 2.05) is 6.07 Å². The molecule has 0 spiro atoms. The first-order valence-electron chi connectivity index (χ1n) is 7.84. The van der Waals surface area contributed by atoms with Crippen LogP contribution in [-0.2, 0) is 9.59 Å². The maximum absolute atomic E-state index is 12.3. The second-order valence-electron chi connectivity index (χ2n) is 5.83. The number of pyridine rings is 1. The van der Waals surface area contributed by atoms with Crippen LogP contribution < -0.4 is 10.1 Å². The number of ether oxygens (including phenoxy) is 1. The van der Waals surface area contributed by atoms with Crippen LogP contribution in [0, 0.1) is 11.8 Å². The summed E-state index contributed by atoms with van der Waals surface area (Å²) in [7, 11) is 0. The van der Waals surface area contributed by atoms with Crippen molar-refractivity contribution in [1.29, 1.82) is 0 Å². The van der Waals surface area contributed by atoms with Gasteiger partial charge in [0.1, 0.15) is 5.75 Å². The molecule has 0 bridgehead atoms.